The Labute approximate surface area is 110 Å². The van der Waals surface area contributed by atoms with Gasteiger partial charge >= 0.3 is 0 Å². The number of rotatable bonds is 3. The highest BCUT2D eigenvalue weighted by Crippen LogP contribution is 2.17. The minimum absolute atomic E-state index is 0.512. The van der Waals surface area contributed by atoms with E-state index in [1.807, 2.05) is 4.57 Å². The van der Waals surface area contributed by atoms with Crippen LogP contribution in [0.3, 0.4) is 0 Å². The summed E-state index contributed by atoms with van der Waals surface area (Å²) in [5.41, 5.74) is 1.17. The highest BCUT2D eigenvalue weighted by Gasteiger charge is 2.12. The van der Waals surface area contributed by atoms with E-state index in [4.69, 9.17) is 0 Å². The second kappa shape index (κ2) is 5.25. The SMILES string of the molecule is Fc1cc2ncn(CCN3CCCCC3)c2cc1F. The van der Waals surface area contributed by atoms with Crippen molar-refractivity contribution in [1.29, 1.82) is 0 Å². The average Bonchev–Trinajstić information content (AvgIpc) is 2.80. The Bertz CT molecular complexity index is 573. The van der Waals surface area contributed by atoms with Crippen molar-refractivity contribution in [1.82, 2.24) is 14.5 Å². The zero-order valence-corrected chi connectivity index (χ0v) is 10.8. The lowest BCUT2D eigenvalue weighted by molar-refractivity contribution is 0.221. The summed E-state index contributed by atoms with van der Waals surface area (Å²) in [7, 11) is 0. The molecule has 2 aromatic rings. The molecule has 102 valence electrons. The summed E-state index contributed by atoms with van der Waals surface area (Å²) >= 11 is 0. The smallest absolute Gasteiger partial charge is 0.161 e. The minimum atomic E-state index is -0.839. The van der Waals surface area contributed by atoms with E-state index < -0.39 is 11.6 Å². The molecule has 2 heterocycles. The first-order chi connectivity index (χ1) is 9.24. The molecule has 0 saturated carbocycles. The lowest BCUT2D eigenvalue weighted by Crippen LogP contribution is -2.32. The highest BCUT2D eigenvalue weighted by molar-refractivity contribution is 5.75. The molecule has 0 unspecified atom stereocenters. The number of hydrogen-bond acceptors (Lipinski definition) is 2. The fourth-order valence-corrected chi connectivity index (χ4v) is 2.66. The third-order valence-corrected chi connectivity index (χ3v) is 3.77. The average molecular weight is 265 g/mol. The first-order valence-corrected chi connectivity index (χ1v) is 6.76. The van der Waals surface area contributed by atoms with E-state index in [1.54, 1.807) is 6.33 Å². The van der Waals surface area contributed by atoms with Crippen LogP contribution >= 0.6 is 0 Å². The predicted octanol–water partition coefficient (Wildman–Crippen LogP) is 2.80. The Kier molecular flexibility index (Phi) is 3.46. The van der Waals surface area contributed by atoms with Crippen molar-refractivity contribution in [3.05, 3.63) is 30.1 Å². The maximum atomic E-state index is 13.3. The molecule has 0 aliphatic carbocycles. The van der Waals surface area contributed by atoms with Crippen LogP contribution in [0.4, 0.5) is 8.78 Å². The number of aromatic nitrogens is 2. The molecule has 3 rings (SSSR count). The first kappa shape index (κ1) is 12.5. The molecule has 1 aromatic heterocycles. The van der Waals surface area contributed by atoms with Crippen LogP contribution in [-0.2, 0) is 6.54 Å². The number of halogens is 2. The molecular weight excluding hydrogens is 248 g/mol. The molecule has 1 fully saturated rings. The monoisotopic (exact) mass is 265 g/mol. The fourth-order valence-electron chi connectivity index (χ4n) is 2.66. The number of hydrogen-bond donors (Lipinski definition) is 0. The molecule has 19 heavy (non-hydrogen) atoms. The van der Waals surface area contributed by atoms with Crippen molar-refractivity contribution in [3.8, 4) is 0 Å². The largest absolute Gasteiger partial charge is 0.329 e. The van der Waals surface area contributed by atoms with Crippen molar-refractivity contribution in [2.75, 3.05) is 19.6 Å². The van der Waals surface area contributed by atoms with Gasteiger partial charge in [-0.25, -0.2) is 13.8 Å². The van der Waals surface area contributed by atoms with E-state index in [0.717, 1.165) is 32.2 Å². The third kappa shape index (κ3) is 2.61. The fraction of sp³-hybridized carbons (Fsp3) is 0.500. The van der Waals surface area contributed by atoms with Crippen LogP contribution in [0.25, 0.3) is 11.0 Å². The standard InChI is InChI=1S/C14H17F2N3/c15-11-8-13-14(9-12(11)16)19(10-17-13)7-6-18-4-2-1-3-5-18/h8-10H,1-7H2. The summed E-state index contributed by atoms with van der Waals surface area (Å²) in [6, 6.07) is 2.38. The molecule has 0 bridgehead atoms. The Morgan fingerprint density at radius 3 is 2.53 bits per heavy atom. The van der Waals surface area contributed by atoms with E-state index in [9.17, 15) is 8.78 Å². The van der Waals surface area contributed by atoms with Crippen LogP contribution in [0.1, 0.15) is 19.3 Å². The Hall–Kier alpha value is -1.49. The maximum absolute atomic E-state index is 13.3. The first-order valence-electron chi connectivity index (χ1n) is 6.76. The van der Waals surface area contributed by atoms with Gasteiger partial charge in [-0.1, -0.05) is 6.42 Å². The number of nitrogens with zero attached hydrogens (tertiary/aromatic N) is 3. The molecule has 3 nitrogen and oxygen atoms in total. The van der Waals surface area contributed by atoms with Crippen molar-refractivity contribution >= 4 is 11.0 Å². The lowest BCUT2D eigenvalue weighted by Gasteiger charge is -2.26. The van der Waals surface area contributed by atoms with Gasteiger partial charge in [-0.3, -0.25) is 0 Å². The molecule has 0 amide bonds. The van der Waals surface area contributed by atoms with Crippen molar-refractivity contribution in [3.63, 3.8) is 0 Å². The van der Waals surface area contributed by atoms with Crippen LogP contribution in [-0.4, -0.2) is 34.1 Å². The van der Waals surface area contributed by atoms with Crippen LogP contribution in [0, 0.1) is 11.6 Å². The minimum Gasteiger partial charge on any atom is -0.329 e. The summed E-state index contributed by atoms with van der Waals surface area (Å²) in [6.07, 6.45) is 5.48. The maximum Gasteiger partial charge on any atom is 0.161 e. The van der Waals surface area contributed by atoms with Crippen molar-refractivity contribution in [2.45, 2.75) is 25.8 Å². The van der Waals surface area contributed by atoms with Crippen LogP contribution in [0.2, 0.25) is 0 Å². The van der Waals surface area contributed by atoms with E-state index in [-0.39, 0.29) is 0 Å². The van der Waals surface area contributed by atoms with Crippen molar-refractivity contribution in [2.24, 2.45) is 0 Å². The van der Waals surface area contributed by atoms with Gasteiger partial charge in [-0.2, -0.15) is 0 Å². The summed E-state index contributed by atoms with van der Waals surface area (Å²) < 4.78 is 28.3. The van der Waals surface area contributed by atoms with Crippen LogP contribution < -0.4 is 0 Å². The third-order valence-electron chi connectivity index (χ3n) is 3.77. The molecule has 0 spiro atoms. The molecule has 1 aliphatic rings. The molecular formula is C14H17F2N3. The van der Waals surface area contributed by atoms with E-state index in [2.05, 4.69) is 9.88 Å². The second-order valence-corrected chi connectivity index (χ2v) is 5.10. The van der Waals surface area contributed by atoms with Gasteiger partial charge < -0.3 is 9.47 Å². The number of fused-ring (bicyclic) bond motifs is 1. The molecule has 0 N–H and O–H groups in total. The van der Waals surface area contributed by atoms with Crippen LogP contribution in [0.5, 0.6) is 0 Å². The summed E-state index contributed by atoms with van der Waals surface area (Å²) in [5.74, 6) is -1.65. The van der Waals surface area contributed by atoms with Gasteiger partial charge in [0.1, 0.15) is 0 Å². The predicted molar refractivity (Wildman–Crippen MR) is 69.9 cm³/mol. The number of benzene rings is 1. The van der Waals surface area contributed by atoms with Gasteiger partial charge in [0.05, 0.1) is 17.4 Å². The quantitative estimate of drug-likeness (QED) is 0.851. The Morgan fingerprint density at radius 1 is 1.00 bits per heavy atom. The molecule has 5 heteroatoms. The van der Waals surface area contributed by atoms with Gasteiger partial charge in [0, 0.05) is 25.2 Å². The number of imidazole rings is 1. The zero-order valence-electron chi connectivity index (χ0n) is 10.8. The zero-order chi connectivity index (χ0) is 13.2. The molecule has 0 radical (unpaired) electrons. The van der Waals surface area contributed by atoms with Gasteiger partial charge in [0.15, 0.2) is 11.6 Å². The topological polar surface area (TPSA) is 21.1 Å². The summed E-state index contributed by atoms with van der Waals surface area (Å²) in [6.45, 7) is 3.97. The van der Waals surface area contributed by atoms with Gasteiger partial charge in [0.2, 0.25) is 0 Å². The van der Waals surface area contributed by atoms with E-state index >= 15 is 0 Å². The van der Waals surface area contributed by atoms with Crippen molar-refractivity contribution < 1.29 is 8.78 Å². The van der Waals surface area contributed by atoms with Gasteiger partial charge in [-0.05, 0) is 25.9 Å². The number of likely N-dealkylation sites (tertiary alicyclic amines) is 1. The normalized spacial score (nSPS) is 17.2. The molecule has 1 saturated heterocycles. The van der Waals surface area contributed by atoms with Gasteiger partial charge in [0.25, 0.3) is 0 Å². The number of piperidine rings is 1. The van der Waals surface area contributed by atoms with E-state index in [1.165, 1.54) is 25.3 Å². The molecule has 1 aliphatic heterocycles. The van der Waals surface area contributed by atoms with Gasteiger partial charge in [-0.15, -0.1) is 0 Å². The summed E-state index contributed by atoms with van der Waals surface area (Å²) in [5, 5.41) is 0. The van der Waals surface area contributed by atoms with E-state index in [0.29, 0.717) is 11.0 Å². The Morgan fingerprint density at radius 2 is 1.74 bits per heavy atom. The lowest BCUT2D eigenvalue weighted by atomic mass is 10.1. The summed E-state index contributed by atoms with van der Waals surface area (Å²) in [4.78, 5) is 6.53. The molecule has 0 atom stereocenters. The second-order valence-electron chi connectivity index (χ2n) is 5.10. The van der Waals surface area contributed by atoms with Crippen LogP contribution in [0.15, 0.2) is 18.5 Å². The Balaban J connectivity index is 1.75. The highest BCUT2D eigenvalue weighted by atomic mass is 19.2. The molecule has 1 aromatic carbocycles.